The van der Waals surface area contributed by atoms with Crippen LogP contribution in [0.15, 0.2) is 24.4 Å². The summed E-state index contributed by atoms with van der Waals surface area (Å²) >= 11 is 0. The topological polar surface area (TPSA) is 30.0 Å². The van der Waals surface area contributed by atoms with Crippen molar-refractivity contribution in [3.63, 3.8) is 0 Å². The van der Waals surface area contributed by atoms with Crippen molar-refractivity contribution in [1.29, 1.82) is 0 Å². The fourth-order valence-corrected chi connectivity index (χ4v) is 5.47. The standard InChI is InChI=1S/C15H17FNOP/c1-10(2)13-9-17-14-8-11(16)4-5-12(14)15(13)19(18)6-3-7-19/h4-5,8-10H,3,6-7H2,1-2H3. The summed E-state index contributed by atoms with van der Waals surface area (Å²) < 4.78 is 26.3. The lowest BCUT2D eigenvalue weighted by Gasteiger charge is -2.30. The summed E-state index contributed by atoms with van der Waals surface area (Å²) in [6.45, 7) is 4.17. The second-order valence-corrected chi connectivity index (χ2v) is 8.69. The normalized spacial score (nSPS) is 17.7. The Morgan fingerprint density at radius 1 is 1.32 bits per heavy atom. The highest BCUT2D eigenvalue weighted by atomic mass is 31.2. The van der Waals surface area contributed by atoms with Crippen LogP contribution < -0.4 is 5.30 Å². The van der Waals surface area contributed by atoms with Crippen LogP contribution in [0, 0.1) is 5.82 Å². The third-order valence-electron chi connectivity index (χ3n) is 3.90. The van der Waals surface area contributed by atoms with Gasteiger partial charge in [0.25, 0.3) is 0 Å². The maximum atomic E-state index is 13.3. The Bertz CT molecular complexity index is 688. The van der Waals surface area contributed by atoms with Crippen molar-refractivity contribution >= 4 is 23.3 Å². The Balaban J connectivity index is 2.35. The van der Waals surface area contributed by atoms with E-state index >= 15 is 0 Å². The Labute approximate surface area is 112 Å². The lowest BCUT2D eigenvalue weighted by molar-refractivity contribution is 0.569. The van der Waals surface area contributed by atoms with Crippen molar-refractivity contribution in [2.75, 3.05) is 12.3 Å². The third-order valence-corrected chi connectivity index (χ3v) is 7.29. The highest BCUT2D eigenvalue weighted by molar-refractivity contribution is 7.73. The van der Waals surface area contributed by atoms with Gasteiger partial charge >= 0.3 is 0 Å². The Hall–Kier alpha value is -1.21. The molecule has 1 fully saturated rings. The first kappa shape index (κ1) is 12.8. The molecule has 0 aliphatic carbocycles. The van der Waals surface area contributed by atoms with Gasteiger partial charge in [0.05, 0.1) is 5.52 Å². The van der Waals surface area contributed by atoms with E-state index in [1.165, 1.54) is 12.1 Å². The van der Waals surface area contributed by atoms with Crippen molar-refractivity contribution in [3.8, 4) is 0 Å². The Morgan fingerprint density at radius 2 is 2.05 bits per heavy atom. The zero-order valence-corrected chi connectivity index (χ0v) is 12.1. The highest BCUT2D eigenvalue weighted by Gasteiger charge is 2.36. The van der Waals surface area contributed by atoms with E-state index in [2.05, 4.69) is 18.8 Å². The molecule has 0 amide bonds. The number of hydrogen-bond acceptors (Lipinski definition) is 2. The van der Waals surface area contributed by atoms with E-state index in [-0.39, 0.29) is 11.7 Å². The minimum atomic E-state index is -2.26. The molecule has 0 atom stereocenters. The molecule has 4 heteroatoms. The van der Waals surface area contributed by atoms with Gasteiger partial charge in [0.15, 0.2) is 0 Å². The fourth-order valence-electron chi connectivity index (χ4n) is 2.71. The molecule has 1 aromatic heterocycles. The van der Waals surface area contributed by atoms with E-state index in [0.717, 1.165) is 35.0 Å². The van der Waals surface area contributed by atoms with Gasteiger partial charge in [0, 0.05) is 35.3 Å². The number of benzene rings is 1. The number of fused-ring (bicyclic) bond motifs is 1. The third kappa shape index (κ3) is 2.01. The second kappa shape index (κ2) is 4.42. The van der Waals surface area contributed by atoms with E-state index in [9.17, 15) is 8.96 Å². The SMILES string of the molecule is CC(C)c1cnc2cc(F)ccc2c1P1(=O)CCC1. The van der Waals surface area contributed by atoms with Gasteiger partial charge in [-0.15, -0.1) is 0 Å². The summed E-state index contributed by atoms with van der Waals surface area (Å²) in [7, 11) is -2.26. The lowest BCUT2D eigenvalue weighted by atomic mass is 10.0. The molecular weight excluding hydrogens is 260 g/mol. The van der Waals surface area contributed by atoms with Crippen LogP contribution in [0.2, 0.25) is 0 Å². The predicted molar refractivity (Wildman–Crippen MR) is 77.4 cm³/mol. The fraction of sp³-hybridized carbons (Fsp3) is 0.400. The van der Waals surface area contributed by atoms with Gasteiger partial charge in [-0.2, -0.15) is 0 Å². The van der Waals surface area contributed by atoms with Crippen LogP contribution in [0.3, 0.4) is 0 Å². The summed E-state index contributed by atoms with van der Waals surface area (Å²) in [6, 6.07) is 4.59. The molecule has 0 radical (unpaired) electrons. The summed E-state index contributed by atoms with van der Waals surface area (Å²) in [4.78, 5) is 4.33. The van der Waals surface area contributed by atoms with Gasteiger partial charge in [0.2, 0.25) is 0 Å². The van der Waals surface area contributed by atoms with Crippen molar-refractivity contribution in [3.05, 3.63) is 35.8 Å². The number of halogens is 1. The van der Waals surface area contributed by atoms with Crippen LogP contribution in [0.1, 0.15) is 31.7 Å². The van der Waals surface area contributed by atoms with Crippen LogP contribution in [0.4, 0.5) is 4.39 Å². The molecule has 100 valence electrons. The van der Waals surface area contributed by atoms with Crippen LogP contribution in [-0.2, 0) is 4.57 Å². The maximum absolute atomic E-state index is 13.3. The number of rotatable bonds is 2. The molecule has 2 heterocycles. The molecule has 0 unspecified atom stereocenters. The van der Waals surface area contributed by atoms with Gasteiger partial charge in [-0.05, 0) is 30.0 Å². The van der Waals surface area contributed by atoms with Gasteiger partial charge in [0.1, 0.15) is 13.0 Å². The smallest absolute Gasteiger partial charge is 0.125 e. The molecule has 2 nitrogen and oxygen atoms in total. The van der Waals surface area contributed by atoms with E-state index in [1.54, 1.807) is 12.3 Å². The summed E-state index contributed by atoms with van der Waals surface area (Å²) in [6.07, 6.45) is 4.37. The molecule has 1 saturated heterocycles. The summed E-state index contributed by atoms with van der Waals surface area (Å²) in [5, 5.41) is 1.83. The first-order valence-electron chi connectivity index (χ1n) is 6.68. The van der Waals surface area contributed by atoms with Gasteiger partial charge in [-0.1, -0.05) is 13.8 Å². The maximum Gasteiger partial charge on any atom is 0.125 e. The second-order valence-electron chi connectivity index (χ2n) is 5.57. The zero-order chi connectivity index (χ0) is 13.6. The number of hydrogen-bond donors (Lipinski definition) is 0. The molecule has 1 aliphatic rings. The van der Waals surface area contributed by atoms with Gasteiger partial charge in [-0.3, -0.25) is 4.98 Å². The summed E-state index contributed by atoms with van der Waals surface area (Å²) in [5.41, 5.74) is 1.67. The molecule has 0 spiro atoms. The van der Waals surface area contributed by atoms with Crippen molar-refractivity contribution < 1.29 is 8.96 Å². The Morgan fingerprint density at radius 3 is 2.63 bits per heavy atom. The van der Waals surface area contributed by atoms with E-state index in [0.29, 0.717) is 5.52 Å². The zero-order valence-electron chi connectivity index (χ0n) is 11.2. The molecule has 0 N–H and O–H groups in total. The quantitative estimate of drug-likeness (QED) is 0.779. The molecule has 0 saturated carbocycles. The van der Waals surface area contributed by atoms with Crippen LogP contribution in [0.5, 0.6) is 0 Å². The van der Waals surface area contributed by atoms with Crippen LogP contribution >= 0.6 is 7.14 Å². The van der Waals surface area contributed by atoms with Crippen LogP contribution in [0.25, 0.3) is 10.9 Å². The molecule has 19 heavy (non-hydrogen) atoms. The molecule has 2 aromatic rings. The largest absolute Gasteiger partial charge is 0.319 e. The Kier molecular flexibility index (Phi) is 2.98. The first-order valence-corrected chi connectivity index (χ1v) is 8.76. The highest BCUT2D eigenvalue weighted by Crippen LogP contribution is 2.56. The minimum Gasteiger partial charge on any atom is -0.319 e. The minimum absolute atomic E-state index is 0.281. The first-order chi connectivity index (χ1) is 9.01. The van der Waals surface area contributed by atoms with Crippen LogP contribution in [-0.4, -0.2) is 17.3 Å². The molecule has 3 rings (SSSR count). The predicted octanol–water partition coefficient (Wildman–Crippen LogP) is 3.89. The number of pyridine rings is 1. The molecule has 1 aromatic carbocycles. The van der Waals surface area contributed by atoms with E-state index < -0.39 is 7.14 Å². The molecule has 1 aliphatic heterocycles. The lowest BCUT2D eigenvalue weighted by Crippen LogP contribution is -2.24. The monoisotopic (exact) mass is 277 g/mol. The van der Waals surface area contributed by atoms with Crippen molar-refractivity contribution in [2.24, 2.45) is 0 Å². The van der Waals surface area contributed by atoms with Gasteiger partial charge < -0.3 is 4.57 Å². The van der Waals surface area contributed by atoms with Crippen molar-refractivity contribution in [2.45, 2.75) is 26.2 Å². The van der Waals surface area contributed by atoms with Crippen molar-refractivity contribution in [1.82, 2.24) is 4.98 Å². The van der Waals surface area contributed by atoms with E-state index in [4.69, 9.17) is 0 Å². The number of aromatic nitrogens is 1. The molecule has 0 bridgehead atoms. The number of nitrogens with zero attached hydrogens (tertiary/aromatic N) is 1. The van der Waals surface area contributed by atoms with E-state index in [1.807, 2.05) is 0 Å². The summed E-state index contributed by atoms with van der Waals surface area (Å²) in [5.74, 6) is -0.0153. The van der Waals surface area contributed by atoms with Gasteiger partial charge in [-0.25, -0.2) is 4.39 Å². The average molecular weight is 277 g/mol. The average Bonchev–Trinajstić information content (AvgIpc) is 2.34. The molecular formula is C15H17FNOP.